The number of nitrogens with zero attached hydrogens (tertiary/aromatic N) is 3. The maximum absolute atomic E-state index is 6.53. The molecule has 1 saturated heterocycles. The number of aromatic nitrogens is 1. The van der Waals surface area contributed by atoms with Crippen molar-refractivity contribution in [2.75, 3.05) is 5.75 Å². The van der Waals surface area contributed by atoms with Crippen LogP contribution in [0.15, 0.2) is 53.7 Å². The first kappa shape index (κ1) is 15.0. The van der Waals surface area contributed by atoms with Gasteiger partial charge in [-0.3, -0.25) is 9.98 Å². The van der Waals surface area contributed by atoms with E-state index in [1.54, 1.807) is 0 Å². The molecular weight excluding hydrogens is 326 g/mol. The van der Waals surface area contributed by atoms with Crippen LogP contribution in [0.4, 0.5) is 0 Å². The summed E-state index contributed by atoms with van der Waals surface area (Å²) in [6.07, 6.45) is 2.95. The maximum atomic E-state index is 6.53. The number of benzene rings is 1. The molecular formula is C18H18ClN3S. The van der Waals surface area contributed by atoms with Gasteiger partial charge in [-0.05, 0) is 30.2 Å². The summed E-state index contributed by atoms with van der Waals surface area (Å²) >= 11 is 8.39. The van der Waals surface area contributed by atoms with Gasteiger partial charge in [0.25, 0.3) is 0 Å². The highest BCUT2D eigenvalue weighted by atomic mass is 35.5. The first-order valence-corrected chi connectivity index (χ1v) is 9.30. The summed E-state index contributed by atoms with van der Waals surface area (Å²) in [6.45, 7) is 2.24. The number of rotatable bonds is 3. The standard InChI is InChI=1S/C18H18ClN3S/c1-2-12-11-23-18-21-16(15-9-5-6-10-20-15)17(22(12)18)13-7-3-4-8-14(13)19/h3-10,12,16-17H,2,11H2,1H3. The van der Waals surface area contributed by atoms with E-state index in [4.69, 9.17) is 16.6 Å². The van der Waals surface area contributed by atoms with Crippen LogP contribution < -0.4 is 0 Å². The largest absolute Gasteiger partial charge is 0.338 e. The lowest BCUT2D eigenvalue weighted by molar-refractivity contribution is 0.255. The third-order valence-corrected chi connectivity index (χ3v) is 6.02. The number of halogens is 1. The van der Waals surface area contributed by atoms with Crippen LogP contribution in [-0.4, -0.2) is 26.8 Å². The zero-order valence-corrected chi connectivity index (χ0v) is 14.5. The third-order valence-electron chi connectivity index (χ3n) is 4.55. The molecule has 23 heavy (non-hydrogen) atoms. The Hall–Kier alpha value is -1.52. The van der Waals surface area contributed by atoms with Crippen LogP contribution in [0.2, 0.25) is 5.02 Å². The number of thioether (sulfide) groups is 1. The van der Waals surface area contributed by atoms with Gasteiger partial charge >= 0.3 is 0 Å². The van der Waals surface area contributed by atoms with Gasteiger partial charge in [-0.2, -0.15) is 0 Å². The Kier molecular flexibility index (Phi) is 4.04. The lowest BCUT2D eigenvalue weighted by atomic mass is 9.95. The molecule has 1 aromatic carbocycles. The van der Waals surface area contributed by atoms with Crippen LogP contribution in [-0.2, 0) is 0 Å². The Morgan fingerprint density at radius 3 is 2.78 bits per heavy atom. The highest BCUT2D eigenvalue weighted by molar-refractivity contribution is 8.14. The van der Waals surface area contributed by atoms with E-state index in [1.165, 1.54) is 0 Å². The molecule has 0 N–H and O–H groups in total. The summed E-state index contributed by atoms with van der Waals surface area (Å²) in [4.78, 5) is 12.0. The molecule has 3 heterocycles. The van der Waals surface area contributed by atoms with E-state index in [0.29, 0.717) is 6.04 Å². The average Bonchev–Trinajstić information content (AvgIpc) is 3.15. The van der Waals surface area contributed by atoms with Crippen molar-refractivity contribution in [3.8, 4) is 0 Å². The monoisotopic (exact) mass is 343 g/mol. The second-order valence-corrected chi connectivity index (χ2v) is 7.25. The van der Waals surface area contributed by atoms with Gasteiger partial charge in [0.15, 0.2) is 5.17 Å². The first-order chi connectivity index (χ1) is 11.3. The molecule has 118 valence electrons. The second-order valence-electron chi connectivity index (χ2n) is 5.86. The van der Waals surface area contributed by atoms with E-state index in [1.807, 2.05) is 42.2 Å². The summed E-state index contributed by atoms with van der Waals surface area (Å²) in [5.41, 5.74) is 2.15. The van der Waals surface area contributed by atoms with E-state index in [2.05, 4.69) is 35.0 Å². The average molecular weight is 344 g/mol. The van der Waals surface area contributed by atoms with Gasteiger partial charge < -0.3 is 4.90 Å². The fourth-order valence-electron chi connectivity index (χ4n) is 3.40. The van der Waals surface area contributed by atoms with Crippen LogP contribution in [0.25, 0.3) is 0 Å². The van der Waals surface area contributed by atoms with Crippen LogP contribution in [0.5, 0.6) is 0 Å². The van der Waals surface area contributed by atoms with Crippen molar-refractivity contribution < 1.29 is 0 Å². The molecule has 2 aliphatic rings. The Morgan fingerprint density at radius 2 is 2.04 bits per heavy atom. The van der Waals surface area contributed by atoms with Crippen molar-refractivity contribution in [1.29, 1.82) is 0 Å². The van der Waals surface area contributed by atoms with E-state index < -0.39 is 0 Å². The maximum Gasteiger partial charge on any atom is 0.160 e. The lowest BCUT2D eigenvalue weighted by Crippen LogP contribution is -2.35. The predicted molar refractivity (Wildman–Crippen MR) is 97.0 cm³/mol. The van der Waals surface area contributed by atoms with E-state index in [9.17, 15) is 0 Å². The number of pyridine rings is 1. The molecule has 3 nitrogen and oxygen atoms in total. The number of amidine groups is 1. The van der Waals surface area contributed by atoms with Crippen LogP contribution >= 0.6 is 23.4 Å². The van der Waals surface area contributed by atoms with Gasteiger partial charge in [0, 0.05) is 23.0 Å². The Balaban J connectivity index is 1.82. The summed E-state index contributed by atoms with van der Waals surface area (Å²) in [7, 11) is 0. The summed E-state index contributed by atoms with van der Waals surface area (Å²) in [5, 5.41) is 1.94. The summed E-state index contributed by atoms with van der Waals surface area (Å²) in [6, 6.07) is 14.8. The zero-order valence-electron chi connectivity index (χ0n) is 12.9. The molecule has 0 spiro atoms. The molecule has 1 aromatic heterocycles. The van der Waals surface area contributed by atoms with E-state index >= 15 is 0 Å². The predicted octanol–water partition coefficient (Wildman–Crippen LogP) is 4.71. The fraction of sp³-hybridized carbons (Fsp3) is 0.333. The van der Waals surface area contributed by atoms with E-state index in [0.717, 1.165) is 33.6 Å². The Labute approximate surface area is 145 Å². The molecule has 2 aliphatic heterocycles. The molecule has 5 heteroatoms. The first-order valence-electron chi connectivity index (χ1n) is 7.94. The molecule has 2 aromatic rings. The van der Waals surface area contributed by atoms with Gasteiger partial charge in [-0.15, -0.1) is 0 Å². The van der Waals surface area contributed by atoms with Crippen LogP contribution in [0, 0.1) is 0 Å². The smallest absolute Gasteiger partial charge is 0.160 e. The van der Waals surface area contributed by atoms with Crippen LogP contribution in [0.1, 0.15) is 36.7 Å². The van der Waals surface area contributed by atoms with Gasteiger partial charge in [0.1, 0.15) is 6.04 Å². The van der Waals surface area contributed by atoms with Gasteiger partial charge in [0.2, 0.25) is 0 Å². The minimum absolute atomic E-state index is 0.00736. The fourth-order valence-corrected chi connectivity index (χ4v) is 4.99. The SMILES string of the molecule is CCC1CSC2=NC(c3ccccn3)C(c3ccccc3Cl)N21. The van der Waals surface area contributed by atoms with E-state index in [-0.39, 0.29) is 12.1 Å². The molecule has 3 unspecified atom stereocenters. The summed E-state index contributed by atoms with van der Waals surface area (Å²) < 4.78 is 0. The highest BCUT2D eigenvalue weighted by Gasteiger charge is 2.45. The highest BCUT2D eigenvalue weighted by Crippen LogP contribution is 2.49. The molecule has 1 fully saturated rings. The normalized spacial score (nSPS) is 26.3. The van der Waals surface area contributed by atoms with Crippen molar-refractivity contribution in [2.45, 2.75) is 31.5 Å². The summed E-state index contributed by atoms with van der Waals surface area (Å²) in [5.74, 6) is 1.10. The number of aliphatic imine (C=N–C) groups is 1. The number of hydrogen-bond donors (Lipinski definition) is 0. The zero-order chi connectivity index (χ0) is 15.8. The van der Waals surface area contributed by atoms with Crippen molar-refractivity contribution in [1.82, 2.24) is 9.88 Å². The van der Waals surface area contributed by atoms with Gasteiger partial charge in [0.05, 0.1) is 11.7 Å². The van der Waals surface area contributed by atoms with Crippen molar-refractivity contribution >= 4 is 28.5 Å². The number of fused-ring (bicyclic) bond motifs is 1. The van der Waals surface area contributed by atoms with Crippen molar-refractivity contribution in [3.63, 3.8) is 0 Å². The molecule has 0 amide bonds. The molecule has 3 atom stereocenters. The minimum Gasteiger partial charge on any atom is -0.338 e. The minimum atomic E-state index is 0.00736. The van der Waals surface area contributed by atoms with Crippen molar-refractivity contribution in [2.24, 2.45) is 4.99 Å². The second kappa shape index (κ2) is 6.17. The Bertz CT molecular complexity index is 734. The molecule has 0 saturated carbocycles. The molecule has 0 radical (unpaired) electrons. The number of hydrogen-bond acceptors (Lipinski definition) is 4. The van der Waals surface area contributed by atoms with Gasteiger partial charge in [-0.25, -0.2) is 0 Å². The lowest BCUT2D eigenvalue weighted by Gasteiger charge is -2.32. The quantitative estimate of drug-likeness (QED) is 0.807. The topological polar surface area (TPSA) is 28.5 Å². The van der Waals surface area contributed by atoms with Crippen molar-refractivity contribution in [3.05, 3.63) is 64.9 Å². The molecule has 4 rings (SSSR count). The molecule has 0 bridgehead atoms. The third kappa shape index (κ3) is 2.54. The van der Waals surface area contributed by atoms with Gasteiger partial charge in [-0.1, -0.05) is 54.6 Å². The Morgan fingerprint density at radius 1 is 1.22 bits per heavy atom. The van der Waals surface area contributed by atoms with Crippen LogP contribution in [0.3, 0.4) is 0 Å². The molecule has 0 aliphatic carbocycles.